The smallest absolute Gasteiger partial charge is 0.255 e. The molecule has 4 N–H and O–H groups in total. The summed E-state index contributed by atoms with van der Waals surface area (Å²) in [7, 11) is 0. The first-order chi connectivity index (χ1) is 9.44. The van der Waals surface area contributed by atoms with Gasteiger partial charge in [-0.2, -0.15) is 0 Å². The number of aromatic nitrogens is 1. The molecule has 1 aliphatic rings. The zero-order valence-corrected chi connectivity index (χ0v) is 12.2. The molecule has 2 rings (SSSR count). The molecular formula is C14H19N3O2S. The second-order valence-electron chi connectivity index (χ2n) is 5.48. The zero-order valence-electron chi connectivity index (χ0n) is 11.4. The van der Waals surface area contributed by atoms with Crippen LogP contribution in [-0.4, -0.2) is 26.5 Å². The molecule has 0 aliphatic heterocycles. The fourth-order valence-electron chi connectivity index (χ4n) is 2.55. The minimum Gasteiger partial charge on any atom is -0.505 e. The second kappa shape index (κ2) is 5.75. The van der Waals surface area contributed by atoms with Crippen molar-refractivity contribution in [1.82, 2.24) is 10.3 Å². The lowest BCUT2D eigenvalue weighted by atomic mass is 9.77. The second-order valence-corrected chi connectivity index (χ2v) is 5.92. The molecular weight excluding hydrogens is 274 g/mol. The number of nitrogens with zero attached hydrogens (tertiary/aromatic N) is 1. The molecule has 0 radical (unpaired) electrons. The predicted molar refractivity (Wildman–Crippen MR) is 80.5 cm³/mol. The molecule has 0 atom stereocenters. The normalized spacial score (nSPS) is 25.9. The van der Waals surface area contributed by atoms with Crippen LogP contribution < -0.4 is 11.1 Å². The SMILES string of the molecule is CC1CCC(NC(=O)c2ccncc2O)(C(N)=S)CC1. The van der Waals surface area contributed by atoms with Crippen LogP contribution in [0.5, 0.6) is 5.75 Å². The highest BCUT2D eigenvalue weighted by molar-refractivity contribution is 7.80. The molecule has 1 fully saturated rings. The Kier molecular flexibility index (Phi) is 4.23. The minimum absolute atomic E-state index is 0.146. The summed E-state index contributed by atoms with van der Waals surface area (Å²) in [5.41, 5.74) is 5.40. The minimum atomic E-state index is -0.644. The van der Waals surface area contributed by atoms with E-state index in [1.807, 2.05) is 0 Å². The van der Waals surface area contributed by atoms with E-state index in [0.717, 1.165) is 25.7 Å². The van der Waals surface area contributed by atoms with Crippen molar-refractivity contribution in [2.75, 3.05) is 0 Å². The zero-order chi connectivity index (χ0) is 14.8. The van der Waals surface area contributed by atoms with Crippen LogP contribution in [0.25, 0.3) is 0 Å². The lowest BCUT2D eigenvalue weighted by molar-refractivity contribution is 0.0898. The van der Waals surface area contributed by atoms with Gasteiger partial charge in [0.2, 0.25) is 0 Å². The van der Waals surface area contributed by atoms with Crippen molar-refractivity contribution in [2.45, 2.75) is 38.1 Å². The van der Waals surface area contributed by atoms with Crippen LogP contribution in [0.1, 0.15) is 43.0 Å². The van der Waals surface area contributed by atoms with E-state index in [4.69, 9.17) is 18.0 Å². The van der Waals surface area contributed by atoms with E-state index in [1.54, 1.807) is 0 Å². The van der Waals surface area contributed by atoms with E-state index in [0.29, 0.717) is 10.9 Å². The van der Waals surface area contributed by atoms with Crippen LogP contribution in [0, 0.1) is 5.92 Å². The summed E-state index contributed by atoms with van der Waals surface area (Å²) in [5.74, 6) is 0.100. The lowest BCUT2D eigenvalue weighted by Gasteiger charge is -2.39. The molecule has 1 aromatic heterocycles. The Labute approximate surface area is 123 Å². The van der Waals surface area contributed by atoms with Crippen molar-refractivity contribution >= 4 is 23.1 Å². The van der Waals surface area contributed by atoms with E-state index >= 15 is 0 Å². The lowest BCUT2D eigenvalue weighted by Crippen LogP contribution is -2.58. The summed E-state index contributed by atoms with van der Waals surface area (Å²) in [6.45, 7) is 2.18. The maximum Gasteiger partial charge on any atom is 0.255 e. The molecule has 1 heterocycles. The fraction of sp³-hybridized carbons (Fsp3) is 0.500. The van der Waals surface area contributed by atoms with Gasteiger partial charge in [0, 0.05) is 6.20 Å². The average Bonchev–Trinajstić information content (AvgIpc) is 2.41. The summed E-state index contributed by atoms with van der Waals surface area (Å²) < 4.78 is 0. The number of pyridine rings is 1. The van der Waals surface area contributed by atoms with Gasteiger partial charge in [0.25, 0.3) is 5.91 Å². The molecule has 1 aromatic rings. The molecule has 20 heavy (non-hydrogen) atoms. The third kappa shape index (κ3) is 2.90. The van der Waals surface area contributed by atoms with Gasteiger partial charge >= 0.3 is 0 Å². The molecule has 0 unspecified atom stereocenters. The van der Waals surface area contributed by atoms with Crippen molar-refractivity contribution in [3.8, 4) is 5.75 Å². The maximum absolute atomic E-state index is 12.3. The fourth-order valence-corrected chi connectivity index (χ4v) is 2.81. The van der Waals surface area contributed by atoms with Gasteiger partial charge in [0.05, 0.1) is 22.3 Å². The molecule has 6 heteroatoms. The van der Waals surface area contributed by atoms with Gasteiger partial charge in [-0.25, -0.2) is 0 Å². The van der Waals surface area contributed by atoms with E-state index in [2.05, 4.69) is 17.2 Å². The van der Waals surface area contributed by atoms with Crippen molar-refractivity contribution in [2.24, 2.45) is 11.7 Å². The van der Waals surface area contributed by atoms with E-state index in [1.165, 1.54) is 18.5 Å². The van der Waals surface area contributed by atoms with Gasteiger partial charge in [-0.1, -0.05) is 19.1 Å². The van der Waals surface area contributed by atoms with Gasteiger partial charge in [-0.15, -0.1) is 0 Å². The number of aromatic hydroxyl groups is 1. The van der Waals surface area contributed by atoms with Crippen LogP contribution in [-0.2, 0) is 0 Å². The number of hydrogen-bond donors (Lipinski definition) is 3. The third-order valence-electron chi connectivity index (χ3n) is 4.00. The van der Waals surface area contributed by atoms with Crippen molar-refractivity contribution in [3.05, 3.63) is 24.0 Å². The maximum atomic E-state index is 12.3. The van der Waals surface area contributed by atoms with Crippen LogP contribution in [0.4, 0.5) is 0 Å². The Morgan fingerprint density at radius 1 is 1.55 bits per heavy atom. The first-order valence-corrected chi connectivity index (χ1v) is 7.11. The van der Waals surface area contributed by atoms with Crippen LogP contribution in [0.3, 0.4) is 0 Å². The molecule has 108 valence electrons. The molecule has 1 amide bonds. The van der Waals surface area contributed by atoms with E-state index < -0.39 is 5.54 Å². The molecule has 5 nitrogen and oxygen atoms in total. The van der Waals surface area contributed by atoms with Gasteiger partial charge in [0.1, 0.15) is 5.75 Å². The Hall–Kier alpha value is -1.69. The van der Waals surface area contributed by atoms with Crippen molar-refractivity contribution < 1.29 is 9.90 Å². The predicted octanol–water partition coefficient (Wildman–Crippen LogP) is 1.75. The van der Waals surface area contributed by atoms with Gasteiger partial charge in [-0.05, 0) is 37.7 Å². The highest BCUT2D eigenvalue weighted by Gasteiger charge is 2.38. The summed E-state index contributed by atoms with van der Waals surface area (Å²) in [6.07, 6.45) is 6.12. The number of carbonyl (C=O) groups excluding carboxylic acids is 1. The summed E-state index contributed by atoms with van der Waals surface area (Å²) in [4.78, 5) is 16.4. The summed E-state index contributed by atoms with van der Waals surface area (Å²) >= 11 is 5.16. The third-order valence-corrected chi connectivity index (χ3v) is 4.39. The molecule has 0 aromatic carbocycles. The van der Waals surface area contributed by atoms with Crippen LogP contribution in [0.15, 0.2) is 18.5 Å². The molecule has 0 bridgehead atoms. The molecule has 0 saturated heterocycles. The van der Waals surface area contributed by atoms with Gasteiger partial charge in [-0.3, -0.25) is 9.78 Å². The Morgan fingerprint density at radius 3 is 2.75 bits per heavy atom. The van der Waals surface area contributed by atoms with Crippen LogP contribution >= 0.6 is 12.2 Å². The van der Waals surface area contributed by atoms with Crippen molar-refractivity contribution in [3.63, 3.8) is 0 Å². The molecule has 1 saturated carbocycles. The average molecular weight is 293 g/mol. The monoisotopic (exact) mass is 293 g/mol. The first-order valence-electron chi connectivity index (χ1n) is 6.70. The Morgan fingerprint density at radius 2 is 2.20 bits per heavy atom. The van der Waals surface area contributed by atoms with Gasteiger partial charge < -0.3 is 16.2 Å². The Balaban J connectivity index is 2.19. The number of rotatable bonds is 3. The number of nitrogens with two attached hydrogens (primary N) is 1. The number of hydrogen-bond acceptors (Lipinski definition) is 4. The highest BCUT2D eigenvalue weighted by Crippen LogP contribution is 2.32. The summed E-state index contributed by atoms with van der Waals surface area (Å²) in [5, 5.41) is 12.6. The van der Waals surface area contributed by atoms with E-state index in [-0.39, 0.29) is 17.2 Å². The molecule has 1 aliphatic carbocycles. The number of carbonyl (C=O) groups is 1. The number of thiocarbonyl (C=S) groups is 1. The first kappa shape index (κ1) is 14.7. The van der Waals surface area contributed by atoms with Gasteiger partial charge in [0.15, 0.2) is 0 Å². The standard InChI is InChI=1S/C14H19N3O2S/c1-9-2-5-14(6-3-9,13(15)20)17-12(19)10-4-7-16-8-11(10)18/h4,7-9,18H,2-3,5-6H2,1H3,(H2,15,20)(H,17,19). The Bertz CT molecular complexity index is 525. The largest absolute Gasteiger partial charge is 0.505 e. The number of amides is 1. The quantitative estimate of drug-likeness (QED) is 0.739. The topological polar surface area (TPSA) is 88.2 Å². The highest BCUT2D eigenvalue weighted by atomic mass is 32.1. The number of nitrogens with one attached hydrogen (secondary N) is 1. The summed E-state index contributed by atoms with van der Waals surface area (Å²) in [6, 6.07) is 1.48. The van der Waals surface area contributed by atoms with E-state index in [9.17, 15) is 9.90 Å². The van der Waals surface area contributed by atoms with Crippen LogP contribution in [0.2, 0.25) is 0 Å². The van der Waals surface area contributed by atoms with Crippen molar-refractivity contribution in [1.29, 1.82) is 0 Å². The molecule has 0 spiro atoms.